The number of Topliss-reactive ketones (excluding diaryl/α,β-unsaturated/α-hetero) is 1. The SMILES string of the molecule is O=C(C1=C([N+](=O)[O-])CC(=S(=O)=O)C=C1)C1CCCCC1. The molecule has 20 heavy (non-hydrogen) atoms. The molecule has 0 aliphatic heterocycles. The molecule has 0 heterocycles. The monoisotopic (exact) mass is 297 g/mol. The van der Waals surface area contributed by atoms with Crippen LogP contribution >= 0.6 is 0 Å². The van der Waals surface area contributed by atoms with Gasteiger partial charge in [-0.2, -0.15) is 8.42 Å². The molecule has 0 amide bonds. The maximum absolute atomic E-state index is 12.4. The minimum absolute atomic E-state index is 0.0584. The number of nitro groups is 1. The van der Waals surface area contributed by atoms with Crippen LogP contribution in [0.4, 0.5) is 0 Å². The van der Waals surface area contributed by atoms with Crippen LogP contribution < -0.4 is 0 Å². The Morgan fingerprint density at radius 2 is 1.85 bits per heavy atom. The van der Waals surface area contributed by atoms with E-state index in [0.29, 0.717) is 0 Å². The maximum Gasteiger partial charge on any atom is 0.262 e. The molecule has 7 heteroatoms. The third kappa shape index (κ3) is 3.04. The molecule has 0 aromatic rings. The molecule has 0 unspecified atom stereocenters. The van der Waals surface area contributed by atoms with E-state index in [-0.39, 0.29) is 34.3 Å². The number of hydrogen-bond donors (Lipinski definition) is 0. The quantitative estimate of drug-likeness (QED) is 0.448. The Morgan fingerprint density at radius 1 is 1.20 bits per heavy atom. The normalized spacial score (nSPS) is 20.1. The standard InChI is InChI=1S/C13H15NO5S/c15-13(9-4-2-1-3-5-9)11-7-6-10(20(18)19)8-12(11)14(16)17/h6-7,9H,1-5,8H2. The van der Waals surface area contributed by atoms with E-state index in [2.05, 4.69) is 0 Å². The number of allylic oxidation sites excluding steroid dienone is 4. The molecule has 0 saturated heterocycles. The summed E-state index contributed by atoms with van der Waals surface area (Å²) in [7, 11) is -2.49. The van der Waals surface area contributed by atoms with Gasteiger partial charge in [-0.1, -0.05) is 19.3 Å². The van der Waals surface area contributed by atoms with Gasteiger partial charge in [0, 0.05) is 5.92 Å². The second-order valence-corrected chi connectivity index (χ2v) is 6.02. The molecule has 0 N–H and O–H groups in total. The lowest BCUT2D eigenvalue weighted by Crippen LogP contribution is -2.23. The van der Waals surface area contributed by atoms with Crippen molar-refractivity contribution in [3.05, 3.63) is 33.5 Å². The number of ketones is 1. The van der Waals surface area contributed by atoms with Crippen molar-refractivity contribution in [3.63, 3.8) is 0 Å². The van der Waals surface area contributed by atoms with Crippen molar-refractivity contribution in [2.45, 2.75) is 38.5 Å². The summed E-state index contributed by atoms with van der Waals surface area (Å²) in [4.78, 5) is 22.7. The molecule has 0 bridgehead atoms. The van der Waals surface area contributed by atoms with Gasteiger partial charge in [0.05, 0.1) is 21.8 Å². The number of carbonyl (C=O) groups excluding carboxylic acids is 1. The van der Waals surface area contributed by atoms with Crippen LogP contribution in [-0.2, 0) is 15.1 Å². The average molecular weight is 297 g/mol. The Balaban J connectivity index is 2.34. The highest BCUT2D eigenvalue weighted by Gasteiger charge is 2.32. The molecule has 0 atom stereocenters. The highest BCUT2D eigenvalue weighted by atomic mass is 32.2. The molecular weight excluding hydrogens is 282 g/mol. The molecular formula is C13H15NO5S. The number of nitrogens with zero attached hydrogens (tertiary/aromatic N) is 1. The van der Waals surface area contributed by atoms with Gasteiger partial charge in [0.25, 0.3) is 5.70 Å². The predicted molar refractivity (Wildman–Crippen MR) is 73.3 cm³/mol. The highest BCUT2D eigenvalue weighted by Crippen LogP contribution is 2.29. The van der Waals surface area contributed by atoms with Crippen LogP contribution in [0, 0.1) is 16.0 Å². The summed E-state index contributed by atoms with van der Waals surface area (Å²) in [6.45, 7) is 0. The molecule has 0 radical (unpaired) electrons. The van der Waals surface area contributed by atoms with E-state index < -0.39 is 15.2 Å². The van der Waals surface area contributed by atoms with Crippen molar-refractivity contribution in [1.82, 2.24) is 0 Å². The van der Waals surface area contributed by atoms with E-state index in [0.717, 1.165) is 32.1 Å². The second kappa shape index (κ2) is 6.13. The van der Waals surface area contributed by atoms with E-state index in [9.17, 15) is 23.3 Å². The third-order valence-corrected chi connectivity index (χ3v) is 4.47. The van der Waals surface area contributed by atoms with Crippen LogP contribution in [-0.4, -0.2) is 24.0 Å². The van der Waals surface area contributed by atoms with Crippen molar-refractivity contribution < 1.29 is 18.1 Å². The topological polar surface area (TPSA) is 94.3 Å². The molecule has 0 spiro atoms. The molecule has 2 aliphatic carbocycles. The fourth-order valence-corrected chi connectivity index (χ4v) is 3.11. The summed E-state index contributed by atoms with van der Waals surface area (Å²) >= 11 is 0. The van der Waals surface area contributed by atoms with Gasteiger partial charge in [-0.15, -0.1) is 0 Å². The minimum atomic E-state index is -2.49. The average Bonchev–Trinajstić information content (AvgIpc) is 2.46. The van der Waals surface area contributed by atoms with Crippen molar-refractivity contribution in [2.24, 2.45) is 5.92 Å². The smallest absolute Gasteiger partial charge is 0.262 e. The summed E-state index contributed by atoms with van der Waals surface area (Å²) in [5.41, 5.74) is -0.238. The van der Waals surface area contributed by atoms with Crippen LogP contribution in [0.15, 0.2) is 23.4 Å². The zero-order chi connectivity index (χ0) is 14.7. The molecule has 0 aromatic carbocycles. The van der Waals surface area contributed by atoms with Gasteiger partial charge >= 0.3 is 0 Å². The van der Waals surface area contributed by atoms with Crippen molar-refractivity contribution in [3.8, 4) is 0 Å². The lowest BCUT2D eigenvalue weighted by Gasteiger charge is -2.21. The Bertz CT molecular complexity index is 628. The Hall–Kier alpha value is -1.76. The summed E-state index contributed by atoms with van der Waals surface area (Å²) in [6.07, 6.45) is 6.78. The Kier molecular flexibility index (Phi) is 4.49. The summed E-state index contributed by atoms with van der Waals surface area (Å²) in [5.74, 6) is -0.388. The van der Waals surface area contributed by atoms with Crippen LogP contribution in [0.25, 0.3) is 0 Å². The molecule has 2 aliphatic rings. The largest absolute Gasteiger partial charge is 0.294 e. The van der Waals surface area contributed by atoms with Gasteiger partial charge in [-0.05, 0) is 25.0 Å². The maximum atomic E-state index is 12.4. The molecule has 6 nitrogen and oxygen atoms in total. The van der Waals surface area contributed by atoms with Gasteiger partial charge in [0.2, 0.25) is 10.3 Å². The first kappa shape index (κ1) is 14.6. The van der Waals surface area contributed by atoms with Crippen LogP contribution in [0.2, 0.25) is 0 Å². The second-order valence-electron chi connectivity index (χ2n) is 5.03. The Morgan fingerprint density at radius 3 is 2.40 bits per heavy atom. The van der Waals surface area contributed by atoms with Gasteiger partial charge in [0.1, 0.15) is 0 Å². The highest BCUT2D eigenvalue weighted by molar-refractivity contribution is 7.73. The zero-order valence-electron chi connectivity index (χ0n) is 10.9. The minimum Gasteiger partial charge on any atom is -0.294 e. The van der Waals surface area contributed by atoms with Crippen molar-refractivity contribution in [1.29, 1.82) is 0 Å². The fraction of sp³-hybridized carbons (Fsp3) is 0.538. The first-order valence-corrected chi connectivity index (χ1v) is 7.63. The molecule has 2 rings (SSSR count). The first-order valence-electron chi connectivity index (χ1n) is 6.55. The first-order chi connectivity index (χ1) is 9.50. The lowest BCUT2D eigenvalue weighted by molar-refractivity contribution is -0.426. The molecule has 1 saturated carbocycles. The predicted octanol–water partition coefficient (Wildman–Crippen LogP) is 1.68. The van der Waals surface area contributed by atoms with Gasteiger partial charge < -0.3 is 0 Å². The van der Waals surface area contributed by atoms with E-state index in [1.165, 1.54) is 12.2 Å². The summed E-state index contributed by atoms with van der Waals surface area (Å²) < 4.78 is 21.8. The molecule has 108 valence electrons. The van der Waals surface area contributed by atoms with Gasteiger partial charge in [-0.3, -0.25) is 14.9 Å². The van der Waals surface area contributed by atoms with E-state index in [1.807, 2.05) is 0 Å². The van der Waals surface area contributed by atoms with Crippen molar-refractivity contribution in [2.75, 3.05) is 0 Å². The van der Waals surface area contributed by atoms with Crippen LogP contribution in [0.3, 0.4) is 0 Å². The number of rotatable bonds is 3. The summed E-state index contributed by atoms with van der Waals surface area (Å²) in [6, 6.07) is 0. The van der Waals surface area contributed by atoms with Gasteiger partial charge in [-0.25, -0.2) is 0 Å². The third-order valence-electron chi connectivity index (χ3n) is 3.76. The zero-order valence-corrected chi connectivity index (χ0v) is 11.7. The molecule has 1 fully saturated rings. The van der Waals surface area contributed by atoms with Gasteiger partial charge in [0.15, 0.2) is 5.78 Å². The van der Waals surface area contributed by atoms with Crippen LogP contribution in [0.5, 0.6) is 0 Å². The van der Waals surface area contributed by atoms with E-state index in [1.54, 1.807) is 0 Å². The fourth-order valence-electron chi connectivity index (χ4n) is 2.68. The van der Waals surface area contributed by atoms with Crippen molar-refractivity contribution >= 4 is 20.9 Å². The Labute approximate surface area is 117 Å². The summed E-state index contributed by atoms with van der Waals surface area (Å²) in [5, 5.41) is 11.1. The lowest BCUT2D eigenvalue weighted by atomic mass is 9.82. The molecule has 0 aromatic heterocycles. The number of carbonyl (C=O) groups is 1. The van der Waals surface area contributed by atoms with Crippen LogP contribution in [0.1, 0.15) is 38.5 Å². The number of hydrogen-bond acceptors (Lipinski definition) is 5. The van der Waals surface area contributed by atoms with E-state index >= 15 is 0 Å². The van der Waals surface area contributed by atoms with E-state index in [4.69, 9.17) is 0 Å².